The first-order chi connectivity index (χ1) is 8.13. The number of hydrogen-bond donors (Lipinski definition) is 1. The fourth-order valence-corrected chi connectivity index (χ4v) is 1.88. The number of nitrogens with zero attached hydrogens (tertiary/aromatic N) is 1. The van der Waals surface area contributed by atoms with Crippen LogP contribution in [0.15, 0.2) is 30.3 Å². The average molecular weight is 234 g/mol. The van der Waals surface area contributed by atoms with Crippen molar-refractivity contribution in [2.75, 3.05) is 19.6 Å². The van der Waals surface area contributed by atoms with Gasteiger partial charge >= 0.3 is 0 Å². The molecule has 1 unspecified atom stereocenters. The summed E-state index contributed by atoms with van der Waals surface area (Å²) in [6.45, 7) is 10.7. The molecule has 17 heavy (non-hydrogen) atoms. The molecule has 0 aliphatic carbocycles. The van der Waals surface area contributed by atoms with Gasteiger partial charge in [-0.15, -0.1) is 0 Å². The Morgan fingerprint density at radius 2 is 1.76 bits per heavy atom. The lowest BCUT2D eigenvalue weighted by molar-refractivity contribution is 0.209. The predicted octanol–water partition coefficient (Wildman–Crippen LogP) is 2.74. The molecule has 1 atom stereocenters. The summed E-state index contributed by atoms with van der Waals surface area (Å²) in [5.41, 5.74) is 7.07. The smallest absolute Gasteiger partial charge is 0.0234 e. The molecule has 2 nitrogen and oxygen atoms in total. The second-order valence-electron chi connectivity index (χ2n) is 5.23. The van der Waals surface area contributed by atoms with Gasteiger partial charge in [0.15, 0.2) is 0 Å². The number of nitrogens with two attached hydrogens (primary N) is 1. The van der Waals surface area contributed by atoms with Crippen molar-refractivity contribution in [3.63, 3.8) is 0 Å². The summed E-state index contributed by atoms with van der Waals surface area (Å²) in [5.74, 6) is 1.44. The van der Waals surface area contributed by atoms with Crippen LogP contribution in [0.4, 0.5) is 0 Å². The highest BCUT2D eigenvalue weighted by Crippen LogP contribution is 2.13. The highest BCUT2D eigenvalue weighted by Gasteiger charge is 2.12. The van der Waals surface area contributed by atoms with E-state index in [1.165, 1.54) is 5.56 Å². The van der Waals surface area contributed by atoms with E-state index in [9.17, 15) is 0 Å². The molecule has 0 aromatic heterocycles. The third-order valence-electron chi connectivity index (χ3n) is 3.38. The molecule has 0 aliphatic heterocycles. The van der Waals surface area contributed by atoms with Gasteiger partial charge in [0.1, 0.15) is 0 Å². The molecule has 0 radical (unpaired) electrons. The topological polar surface area (TPSA) is 29.3 Å². The van der Waals surface area contributed by atoms with E-state index in [0.29, 0.717) is 5.92 Å². The maximum atomic E-state index is 5.69. The lowest BCUT2D eigenvalue weighted by Crippen LogP contribution is -2.34. The Balaban J connectivity index is 2.54. The molecule has 1 rings (SSSR count). The molecule has 2 heteroatoms. The van der Waals surface area contributed by atoms with Crippen LogP contribution in [-0.4, -0.2) is 24.5 Å². The van der Waals surface area contributed by atoms with E-state index in [1.807, 2.05) is 0 Å². The van der Waals surface area contributed by atoms with Crippen LogP contribution in [0.1, 0.15) is 26.3 Å². The molecule has 0 amide bonds. The number of benzene rings is 1. The van der Waals surface area contributed by atoms with Gasteiger partial charge in [0, 0.05) is 26.2 Å². The predicted molar refractivity (Wildman–Crippen MR) is 74.8 cm³/mol. The van der Waals surface area contributed by atoms with Gasteiger partial charge in [-0.1, -0.05) is 51.1 Å². The van der Waals surface area contributed by atoms with Crippen molar-refractivity contribution in [3.8, 4) is 0 Å². The first-order valence-electron chi connectivity index (χ1n) is 6.59. The third kappa shape index (κ3) is 5.33. The first-order valence-corrected chi connectivity index (χ1v) is 6.59. The zero-order valence-electron chi connectivity index (χ0n) is 11.4. The average Bonchev–Trinajstić information content (AvgIpc) is 2.30. The van der Waals surface area contributed by atoms with Crippen molar-refractivity contribution < 1.29 is 0 Å². The second-order valence-corrected chi connectivity index (χ2v) is 5.23. The van der Waals surface area contributed by atoms with Gasteiger partial charge in [0.05, 0.1) is 0 Å². The van der Waals surface area contributed by atoms with Gasteiger partial charge in [-0.2, -0.15) is 0 Å². The summed E-state index contributed by atoms with van der Waals surface area (Å²) in [7, 11) is 0. The lowest BCUT2D eigenvalue weighted by atomic mass is 9.97. The number of hydrogen-bond acceptors (Lipinski definition) is 2. The Morgan fingerprint density at radius 3 is 2.29 bits per heavy atom. The SMILES string of the molecule is CC(C)C(C)CN(CCN)Cc1ccccc1. The van der Waals surface area contributed by atoms with E-state index in [4.69, 9.17) is 5.73 Å². The van der Waals surface area contributed by atoms with Crippen molar-refractivity contribution in [1.82, 2.24) is 4.90 Å². The Bertz CT molecular complexity index is 295. The fourth-order valence-electron chi connectivity index (χ4n) is 1.88. The van der Waals surface area contributed by atoms with Crippen molar-refractivity contribution >= 4 is 0 Å². The molecule has 0 bridgehead atoms. The highest BCUT2D eigenvalue weighted by molar-refractivity contribution is 5.14. The van der Waals surface area contributed by atoms with Crippen molar-refractivity contribution in [2.24, 2.45) is 17.6 Å². The van der Waals surface area contributed by atoms with Crippen LogP contribution in [-0.2, 0) is 6.54 Å². The van der Waals surface area contributed by atoms with E-state index < -0.39 is 0 Å². The minimum absolute atomic E-state index is 0.713. The van der Waals surface area contributed by atoms with Crippen LogP contribution in [0.5, 0.6) is 0 Å². The molecule has 96 valence electrons. The molecule has 2 N–H and O–H groups in total. The summed E-state index contributed by atoms with van der Waals surface area (Å²) in [4.78, 5) is 2.46. The molecule has 0 saturated carbocycles. The van der Waals surface area contributed by atoms with E-state index >= 15 is 0 Å². The van der Waals surface area contributed by atoms with Gasteiger partial charge in [-0.3, -0.25) is 4.90 Å². The standard InChI is InChI=1S/C15H26N2/c1-13(2)14(3)11-17(10-9-16)12-15-7-5-4-6-8-15/h4-8,13-14H,9-12,16H2,1-3H3. The summed E-state index contributed by atoms with van der Waals surface area (Å²) in [6.07, 6.45) is 0. The van der Waals surface area contributed by atoms with Crippen LogP contribution in [0, 0.1) is 11.8 Å². The number of rotatable bonds is 7. The zero-order valence-corrected chi connectivity index (χ0v) is 11.4. The summed E-state index contributed by atoms with van der Waals surface area (Å²) in [5, 5.41) is 0. The van der Waals surface area contributed by atoms with Crippen LogP contribution in [0.2, 0.25) is 0 Å². The van der Waals surface area contributed by atoms with Gasteiger partial charge < -0.3 is 5.73 Å². The zero-order chi connectivity index (χ0) is 12.7. The van der Waals surface area contributed by atoms with E-state index in [1.54, 1.807) is 0 Å². The Labute approximate surface area is 106 Å². The summed E-state index contributed by atoms with van der Waals surface area (Å²) in [6, 6.07) is 10.6. The summed E-state index contributed by atoms with van der Waals surface area (Å²) < 4.78 is 0. The minimum Gasteiger partial charge on any atom is -0.329 e. The Morgan fingerprint density at radius 1 is 1.12 bits per heavy atom. The van der Waals surface area contributed by atoms with Gasteiger partial charge in [-0.25, -0.2) is 0 Å². The molecule has 0 saturated heterocycles. The molecular weight excluding hydrogens is 208 g/mol. The molecule has 0 heterocycles. The van der Waals surface area contributed by atoms with Crippen LogP contribution >= 0.6 is 0 Å². The van der Waals surface area contributed by atoms with Crippen LogP contribution in [0.25, 0.3) is 0 Å². The molecule has 1 aromatic rings. The maximum absolute atomic E-state index is 5.69. The largest absolute Gasteiger partial charge is 0.329 e. The minimum atomic E-state index is 0.713. The Hall–Kier alpha value is -0.860. The lowest BCUT2D eigenvalue weighted by Gasteiger charge is -2.27. The third-order valence-corrected chi connectivity index (χ3v) is 3.38. The molecule has 0 fully saturated rings. The van der Waals surface area contributed by atoms with Gasteiger partial charge in [0.25, 0.3) is 0 Å². The van der Waals surface area contributed by atoms with E-state index in [0.717, 1.165) is 32.1 Å². The van der Waals surface area contributed by atoms with Crippen LogP contribution in [0.3, 0.4) is 0 Å². The monoisotopic (exact) mass is 234 g/mol. The van der Waals surface area contributed by atoms with E-state index in [-0.39, 0.29) is 0 Å². The molecular formula is C15H26N2. The fraction of sp³-hybridized carbons (Fsp3) is 0.600. The Kier molecular flexibility index (Phi) is 6.23. The normalized spacial score (nSPS) is 13.3. The van der Waals surface area contributed by atoms with Gasteiger partial charge in [-0.05, 0) is 17.4 Å². The molecule has 1 aromatic carbocycles. The highest BCUT2D eigenvalue weighted by atomic mass is 15.1. The van der Waals surface area contributed by atoms with Crippen LogP contribution < -0.4 is 5.73 Å². The van der Waals surface area contributed by atoms with Crippen molar-refractivity contribution in [3.05, 3.63) is 35.9 Å². The van der Waals surface area contributed by atoms with E-state index in [2.05, 4.69) is 56.0 Å². The van der Waals surface area contributed by atoms with Crippen molar-refractivity contribution in [1.29, 1.82) is 0 Å². The second kappa shape index (κ2) is 7.46. The van der Waals surface area contributed by atoms with Crippen molar-refractivity contribution in [2.45, 2.75) is 27.3 Å². The molecule has 0 spiro atoms. The summed E-state index contributed by atoms with van der Waals surface area (Å²) >= 11 is 0. The maximum Gasteiger partial charge on any atom is 0.0234 e. The van der Waals surface area contributed by atoms with Gasteiger partial charge in [0.2, 0.25) is 0 Å². The quantitative estimate of drug-likeness (QED) is 0.786. The molecule has 0 aliphatic rings. The first kappa shape index (κ1) is 14.2.